The molecule has 1 aliphatic carbocycles. The number of hydrogen-bond acceptors (Lipinski definition) is 6. The van der Waals surface area contributed by atoms with Gasteiger partial charge in [0.2, 0.25) is 0 Å². The zero-order chi connectivity index (χ0) is 24.3. The Morgan fingerprint density at radius 1 is 1.09 bits per heavy atom. The van der Waals surface area contributed by atoms with Crippen LogP contribution in [-0.4, -0.2) is 55.0 Å². The van der Waals surface area contributed by atoms with E-state index in [2.05, 4.69) is 39.0 Å². The van der Waals surface area contributed by atoms with Gasteiger partial charge in [-0.05, 0) is 39.0 Å². The molecule has 6 heteroatoms. The lowest BCUT2D eigenvalue weighted by Gasteiger charge is -2.43. The Balaban J connectivity index is 3.15. The number of ketones is 1. The smallest absolute Gasteiger partial charge is 0.303 e. The molecule has 0 heterocycles. The van der Waals surface area contributed by atoms with Gasteiger partial charge in [0.25, 0.3) is 0 Å². The minimum absolute atomic E-state index is 0.116. The first-order valence-corrected chi connectivity index (χ1v) is 11.7. The zero-order valence-corrected chi connectivity index (χ0v) is 20.7. The minimum atomic E-state index is -1.30. The van der Waals surface area contributed by atoms with Gasteiger partial charge in [0, 0.05) is 20.1 Å². The fourth-order valence-corrected chi connectivity index (χ4v) is 3.96. The highest BCUT2D eigenvalue weighted by molar-refractivity contribution is 5.88. The molecule has 182 valence electrons. The number of carbonyl (C=O) groups excluding carboxylic acids is 2. The molecule has 1 rings (SSSR count). The number of Topliss-reactive ketones (excluding diaryl/α,β-unsaturated/α-hetero) is 1. The number of hydrogen-bond donors (Lipinski definition) is 1. The molecule has 0 bridgehead atoms. The first kappa shape index (κ1) is 28.3. The van der Waals surface area contributed by atoms with Crippen molar-refractivity contribution in [3.63, 3.8) is 0 Å². The molecule has 0 saturated heterocycles. The molecular formula is C26H42O6. The van der Waals surface area contributed by atoms with E-state index >= 15 is 0 Å². The molecule has 0 aromatic carbocycles. The Kier molecular flexibility index (Phi) is 12.7. The van der Waals surface area contributed by atoms with Crippen LogP contribution in [0.25, 0.3) is 0 Å². The number of aliphatic hydroxyl groups excluding tert-OH is 1. The van der Waals surface area contributed by atoms with Crippen molar-refractivity contribution in [1.29, 1.82) is 0 Å². The predicted octanol–water partition coefficient (Wildman–Crippen LogP) is 4.28. The van der Waals surface area contributed by atoms with Crippen molar-refractivity contribution in [2.24, 2.45) is 23.7 Å². The molecule has 1 unspecified atom stereocenters. The maximum Gasteiger partial charge on any atom is 0.303 e. The lowest BCUT2D eigenvalue weighted by Crippen LogP contribution is -2.59. The Morgan fingerprint density at radius 2 is 1.78 bits per heavy atom. The van der Waals surface area contributed by atoms with Crippen LogP contribution in [0, 0.1) is 23.7 Å². The number of carbonyl (C=O) groups is 2. The van der Waals surface area contributed by atoms with Crippen LogP contribution in [0.2, 0.25) is 0 Å². The Hall–Kier alpha value is -1.76. The highest BCUT2D eigenvalue weighted by Crippen LogP contribution is 2.36. The van der Waals surface area contributed by atoms with Gasteiger partial charge in [0.05, 0.1) is 18.4 Å². The lowest BCUT2D eigenvalue weighted by molar-refractivity contribution is -0.188. The van der Waals surface area contributed by atoms with E-state index in [0.29, 0.717) is 19.1 Å². The van der Waals surface area contributed by atoms with Gasteiger partial charge in [0.15, 0.2) is 5.78 Å². The summed E-state index contributed by atoms with van der Waals surface area (Å²) in [6.45, 7) is 14.2. The maximum atomic E-state index is 13.0. The summed E-state index contributed by atoms with van der Waals surface area (Å²) in [5.41, 5.74) is 0.756. The Bertz CT molecular complexity index is 678. The zero-order valence-electron chi connectivity index (χ0n) is 20.7. The van der Waals surface area contributed by atoms with Crippen molar-refractivity contribution < 1.29 is 28.9 Å². The van der Waals surface area contributed by atoms with Crippen LogP contribution >= 0.6 is 0 Å². The van der Waals surface area contributed by atoms with Crippen LogP contribution in [0.1, 0.15) is 54.9 Å². The fourth-order valence-electron chi connectivity index (χ4n) is 3.96. The molecule has 1 aliphatic rings. The van der Waals surface area contributed by atoms with E-state index in [-0.39, 0.29) is 18.3 Å². The first-order chi connectivity index (χ1) is 15.1. The van der Waals surface area contributed by atoms with E-state index in [1.807, 2.05) is 32.9 Å². The Labute approximate surface area is 193 Å². The summed E-state index contributed by atoms with van der Waals surface area (Å²) in [4.78, 5) is 24.9. The van der Waals surface area contributed by atoms with Crippen molar-refractivity contribution in [3.05, 3.63) is 36.0 Å². The fraction of sp³-hybridized carbons (Fsp3) is 0.692. The van der Waals surface area contributed by atoms with Crippen molar-refractivity contribution >= 4 is 11.8 Å². The number of rotatable bonds is 12. The summed E-state index contributed by atoms with van der Waals surface area (Å²) < 4.78 is 17.0. The number of ether oxygens (including phenoxy) is 3. The summed E-state index contributed by atoms with van der Waals surface area (Å²) in [6, 6.07) is 0. The van der Waals surface area contributed by atoms with Gasteiger partial charge in [-0.15, -0.1) is 0 Å². The second-order valence-corrected chi connectivity index (χ2v) is 8.85. The van der Waals surface area contributed by atoms with Crippen molar-refractivity contribution in [3.8, 4) is 0 Å². The van der Waals surface area contributed by atoms with Crippen LogP contribution in [0.3, 0.4) is 0 Å². The summed E-state index contributed by atoms with van der Waals surface area (Å²) in [5, 5.41) is 10.9. The van der Waals surface area contributed by atoms with Crippen molar-refractivity contribution in [2.45, 2.75) is 73.2 Å². The highest BCUT2D eigenvalue weighted by Gasteiger charge is 2.52. The maximum absolute atomic E-state index is 13.0. The van der Waals surface area contributed by atoms with E-state index in [1.165, 1.54) is 6.92 Å². The van der Waals surface area contributed by atoms with Crippen LogP contribution in [0.15, 0.2) is 36.0 Å². The molecule has 0 amide bonds. The van der Waals surface area contributed by atoms with Gasteiger partial charge in [0.1, 0.15) is 18.3 Å². The molecule has 6 atom stereocenters. The molecule has 32 heavy (non-hydrogen) atoms. The topological polar surface area (TPSA) is 82.1 Å². The number of aliphatic hydroxyl groups is 1. The molecule has 0 radical (unpaired) electrons. The van der Waals surface area contributed by atoms with Crippen LogP contribution < -0.4 is 0 Å². The largest absolute Gasteiger partial charge is 0.459 e. The molecular weight excluding hydrogens is 408 g/mol. The predicted molar refractivity (Wildman–Crippen MR) is 126 cm³/mol. The second-order valence-electron chi connectivity index (χ2n) is 8.85. The molecule has 0 aromatic rings. The molecule has 0 spiro atoms. The van der Waals surface area contributed by atoms with Gasteiger partial charge in [-0.1, -0.05) is 56.7 Å². The third-order valence-corrected chi connectivity index (χ3v) is 5.58. The molecule has 1 fully saturated rings. The summed E-state index contributed by atoms with van der Waals surface area (Å²) in [5.74, 6) is -1.32. The quantitative estimate of drug-likeness (QED) is 0.272. The molecule has 6 nitrogen and oxygen atoms in total. The van der Waals surface area contributed by atoms with E-state index in [4.69, 9.17) is 14.2 Å². The van der Waals surface area contributed by atoms with Crippen LogP contribution in [0.4, 0.5) is 0 Å². The number of allylic oxidation sites excluding steroid dienone is 5. The second kappa shape index (κ2) is 14.4. The van der Waals surface area contributed by atoms with Gasteiger partial charge >= 0.3 is 5.97 Å². The van der Waals surface area contributed by atoms with Crippen molar-refractivity contribution in [1.82, 2.24) is 0 Å². The minimum Gasteiger partial charge on any atom is -0.459 e. The summed E-state index contributed by atoms with van der Waals surface area (Å²) in [6.07, 6.45) is 8.46. The average Bonchev–Trinajstić information content (AvgIpc) is 2.71. The molecule has 0 aromatic heterocycles. The standard InChI is InChI=1S/C26H42O6/c1-8-30-16-21-23(28)24(29)22(26(32-20(7)27)25(21)31-9-2)19(6)15-11-14-18(5)13-10-12-17(3)4/h10-11,13-15,17-18,21-22,24-26,29H,8-9,12,16H2,1-7H3/b13-10+,14-11+,19-15+/t18?,21-,22-,24-,25-,26-/m1/s1. The molecule has 1 saturated carbocycles. The third kappa shape index (κ3) is 8.64. The van der Waals surface area contributed by atoms with Gasteiger partial charge in [-0.2, -0.15) is 0 Å². The van der Waals surface area contributed by atoms with E-state index < -0.39 is 36.1 Å². The summed E-state index contributed by atoms with van der Waals surface area (Å²) in [7, 11) is 0. The van der Waals surface area contributed by atoms with Gasteiger partial charge in [-0.25, -0.2) is 0 Å². The lowest BCUT2D eigenvalue weighted by atomic mass is 9.71. The first-order valence-electron chi connectivity index (χ1n) is 11.7. The Morgan fingerprint density at radius 3 is 2.34 bits per heavy atom. The van der Waals surface area contributed by atoms with Crippen LogP contribution in [-0.2, 0) is 23.8 Å². The van der Waals surface area contributed by atoms with Gasteiger partial charge < -0.3 is 19.3 Å². The number of esters is 1. The highest BCUT2D eigenvalue weighted by atomic mass is 16.6. The molecule has 1 N–H and O–H groups in total. The SMILES string of the molecule is CCOC[C@@H]1C(=O)[C@H](O)[C@@H](/C(C)=C/C=C/C(C)/C=C/CC(C)C)[C@@H](OC(C)=O)[C@@H]1OCC. The molecule has 0 aliphatic heterocycles. The van der Waals surface area contributed by atoms with Crippen LogP contribution in [0.5, 0.6) is 0 Å². The van der Waals surface area contributed by atoms with Gasteiger partial charge in [-0.3, -0.25) is 9.59 Å². The van der Waals surface area contributed by atoms with E-state index in [0.717, 1.165) is 12.0 Å². The average molecular weight is 451 g/mol. The van der Waals surface area contributed by atoms with E-state index in [9.17, 15) is 14.7 Å². The van der Waals surface area contributed by atoms with Crippen molar-refractivity contribution in [2.75, 3.05) is 19.8 Å². The summed E-state index contributed by atoms with van der Waals surface area (Å²) >= 11 is 0. The normalized spacial score (nSPS) is 28.1. The third-order valence-electron chi connectivity index (χ3n) is 5.58. The van der Waals surface area contributed by atoms with E-state index in [1.54, 1.807) is 0 Å². The monoisotopic (exact) mass is 450 g/mol.